The molecule has 2 aromatic heterocycles. The van der Waals surface area contributed by atoms with E-state index in [1.165, 1.54) is 17.2 Å². The second-order valence-electron chi connectivity index (χ2n) is 4.04. The molecule has 2 heterocycles. The number of nitrogens with one attached hydrogen (secondary N) is 1. The van der Waals surface area contributed by atoms with E-state index in [1.807, 2.05) is 24.0 Å². The number of halogens is 1. The maximum atomic E-state index is 4.51. The van der Waals surface area contributed by atoms with Gasteiger partial charge in [0.2, 0.25) is 0 Å². The topological polar surface area (TPSA) is 55.6 Å². The number of aryl methyl sites for hydroxylation is 2. The number of hydrogen-bond donors (Lipinski definition) is 1. The van der Waals surface area contributed by atoms with Crippen molar-refractivity contribution in [3.05, 3.63) is 26.9 Å². The third-order valence-corrected chi connectivity index (χ3v) is 4.49. The van der Waals surface area contributed by atoms with E-state index >= 15 is 0 Å². The maximum Gasteiger partial charge on any atom is 0.0928 e. The highest BCUT2D eigenvalue weighted by molar-refractivity contribution is 9.10. The number of rotatable bonds is 5. The SMILES string of the molecule is CCn1nc(C)c(Br)c1CC(NC)c1csnn1. The van der Waals surface area contributed by atoms with Gasteiger partial charge in [0.15, 0.2) is 0 Å². The molecule has 18 heavy (non-hydrogen) atoms. The first-order valence-corrected chi connectivity index (χ1v) is 7.46. The Morgan fingerprint density at radius 3 is 2.89 bits per heavy atom. The van der Waals surface area contributed by atoms with Crippen LogP contribution in [0.5, 0.6) is 0 Å². The van der Waals surface area contributed by atoms with Gasteiger partial charge in [-0.05, 0) is 48.4 Å². The van der Waals surface area contributed by atoms with Crippen LogP contribution in [0.25, 0.3) is 0 Å². The Morgan fingerprint density at radius 1 is 1.56 bits per heavy atom. The fraction of sp³-hybridized carbons (Fsp3) is 0.545. The van der Waals surface area contributed by atoms with Crippen molar-refractivity contribution in [3.8, 4) is 0 Å². The Balaban J connectivity index is 2.27. The molecule has 0 aliphatic rings. The molecule has 0 spiro atoms. The van der Waals surface area contributed by atoms with E-state index in [0.717, 1.165) is 28.8 Å². The number of likely N-dealkylation sites (N-methyl/N-ethyl adjacent to an activating group) is 1. The standard InChI is InChI=1S/C11H16BrN5S/c1-4-17-10(11(12)7(2)15-17)5-8(13-3)9-6-18-16-14-9/h6,8,13H,4-5H2,1-3H3. The van der Waals surface area contributed by atoms with E-state index in [9.17, 15) is 0 Å². The van der Waals surface area contributed by atoms with Gasteiger partial charge in [0.1, 0.15) is 0 Å². The molecule has 0 aliphatic carbocycles. The molecule has 5 nitrogen and oxygen atoms in total. The first-order valence-electron chi connectivity index (χ1n) is 5.83. The van der Waals surface area contributed by atoms with Crippen molar-refractivity contribution in [3.63, 3.8) is 0 Å². The molecular formula is C11H16BrN5S. The average molecular weight is 330 g/mol. The highest BCUT2D eigenvalue weighted by atomic mass is 79.9. The smallest absolute Gasteiger partial charge is 0.0928 e. The van der Waals surface area contributed by atoms with Gasteiger partial charge in [0.25, 0.3) is 0 Å². The van der Waals surface area contributed by atoms with Crippen molar-refractivity contribution < 1.29 is 0 Å². The summed E-state index contributed by atoms with van der Waals surface area (Å²) in [5.74, 6) is 0. The molecule has 7 heteroatoms. The van der Waals surface area contributed by atoms with Gasteiger partial charge >= 0.3 is 0 Å². The molecule has 1 unspecified atom stereocenters. The molecule has 0 aliphatic heterocycles. The summed E-state index contributed by atoms with van der Waals surface area (Å²) >= 11 is 5.00. The quantitative estimate of drug-likeness (QED) is 0.914. The summed E-state index contributed by atoms with van der Waals surface area (Å²) in [6.45, 7) is 4.98. The minimum atomic E-state index is 0.168. The lowest BCUT2D eigenvalue weighted by Crippen LogP contribution is -2.21. The predicted molar refractivity (Wildman–Crippen MR) is 75.8 cm³/mol. The van der Waals surface area contributed by atoms with Gasteiger partial charge in [-0.2, -0.15) is 5.10 Å². The maximum absolute atomic E-state index is 4.51. The van der Waals surface area contributed by atoms with Crippen LogP contribution in [0.3, 0.4) is 0 Å². The largest absolute Gasteiger partial charge is 0.311 e. The summed E-state index contributed by atoms with van der Waals surface area (Å²) in [6.07, 6.45) is 0.844. The van der Waals surface area contributed by atoms with Crippen molar-refractivity contribution in [1.29, 1.82) is 0 Å². The summed E-state index contributed by atoms with van der Waals surface area (Å²) in [6, 6.07) is 0.168. The molecular weight excluding hydrogens is 314 g/mol. The molecule has 0 radical (unpaired) electrons. The molecule has 98 valence electrons. The molecule has 0 amide bonds. The van der Waals surface area contributed by atoms with E-state index in [2.05, 4.69) is 42.9 Å². The van der Waals surface area contributed by atoms with Crippen molar-refractivity contribution in [2.45, 2.75) is 32.9 Å². The fourth-order valence-corrected chi connectivity index (χ4v) is 2.89. The van der Waals surface area contributed by atoms with E-state index in [4.69, 9.17) is 0 Å². The third-order valence-electron chi connectivity index (χ3n) is 2.93. The molecule has 0 saturated heterocycles. The van der Waals surface area contributed by atoms with Crippen molar-refractivity contribution in [2.24, 2.45) is 0 Å². The van der Waals surface area contributed by atoms with Crippen LogP contribution in [0, 0.1) is 6.92 Å². The lowest BCUT2D eigenvalue weighted by atomic mass is 10.1. The molecule has 0 aromatic carbocycles. The van der Waals surface area contributed by atoms with Gasteiger partial charge < -0.3 is 5.32 Å². The van der Waals surface area contributed by atoms with E-state index in [0.29, 0.717) is 0 Å². The molecule has 1 atom stereocenters. The van der Waals surface area contributed by atoms with Crippen LogP contribution < -0.4 is 5.32 Å². The Kier molecular flexibility index (Phi) is 4.47. The van der Waals surface area contributed by atoms with Crippen molar-refractivity contribution in [1.82, 2.24) is 24.7 Å². The van der Waals surface area contributed by atoms with E-state index in [-0.39, 0.29) is 6.04 Å². The van der Waals surface area contributed by atoms with Gasteiger partial charge in [-0.15, -0.1) is 5.10 Å². The average Bonchev–Trinajstić information content (AvgIpc) is 2.98. The fourth-order valence-electron chi connectivity index (χ4n) is 1.94. The van der Waals surface area contributed by atoms with Crippen LogP contribution in [-0.4, -0.2) is 26.4 Å². The molecule has 0 fully saturated rings. The zero-order valence-corrected chi connectivity index (χ0v) is 13.0. The van der Waals surface area contributed by atoms with Crippen molar-refractivity contribution in [2.75, 3.05) is 7.05 Å². The van der Waals surface area contributed by atoms with Gasteiger partial charge in [0, 0.05) is 18.3 Å². The normalized spacial score (nSPS) is 12.9. The monoisotopic (exact) mass is 329 g/mol. The number of aromatic nitrogens is 4. The minimum absolute atomic E-state index is 0.168. The van der Waals surface area contributed by atoms with Crippen LogP contribution in [0.15, 0.2) is 9.85 Å². The highest BCUT2D eigenvalue weighted by Gasteiger charge is 2.19. The third kappa shape index (κ3) is 2.62. The van der Waals surface area contributed by atoms with Crippen LogP contribution in [0.2, 0.25) is 0 Å². The van der Waals surface area contributed by atoms with Gasteiger partial charge in [0.05, 0.1) is 27.6 Å². The molecule has 1 N–H and O–H groups in total. The summed E-state index contributed by atoms with van der Waals surface area (Å²) in [5, 5.41) is 13.9. The van der Waals surface area contributed by atoms with Gasteiger partial charge in [-0.1, -0.05) is 4.49 Å². The minimum Gasteiger partial charge on any atom is -0.311 e. The lowest BCUT2D eigenvalue weighted by Gasteiger charge is -2.14. The van der Waals surface area contributed by atoms with E-state index in [1.54, 1.807) is 0 Å². The zero-order valence-electron chi connectivity index (χ0n) is 10.6. The van der Waals surface area contributed by atoms with Gasteiger partial charge in [-0.25, -0.2) is 0 Å². The molecule has 0 bridgehead atoms. The second-order valence-corrected chi connectivity index (χ2v) is 5.44. The molecule has 2 rings (SSSR count). The molecule has 2 aromatic rings. The zero-order chi connectivity index (χ0) is 13.1. The number of nitrogens with zero attached hydrogens (tertiary/aromatic N) is 4. The number of hydrogen-bond acceptors (Lipinski definition) is 5. The Morgan fingerprint density at radius 2 is 2.33 bits per heavy atom. The predicted octanol–water partition coefficient (Wildman–Crippen LogP) is 2.33. The van der Waals surface area contributed by atoms with Crippen LogP contribution >= 0.6 is 27.5 Å². The Bertz CT molecular complexity index is 508. The van der Waals surface area contributed by atoms with Crippen LogP contribution in [0.1, 0.15) is 30.0 Å². The summed E-state index contributed by atoms with van der Waals surface area (Å²) in [7, 11) is 1.94. The first kappa shape index (κ1) is 13.6. The van der Waals surface area contributed by atoms with Gasteiger partial charge in [-0.3, -0.25) is 4.68 Å². The summed E-state index contributed by atoms with van der Waals surface area (Å²) in [5.41, 5.74) is 3.20. The van der Waals surface area contributed by atoms with Crippen molar-refractivity contribution >= 4 is 27.5 Å². The van der Waals surface area contributed by atoms with Crippen LogP contribution in [-0.2, 0) is 13.0 Å². The summed E-state index contributed by atoms with van der Waals surface area (Å²) < 4.78 is 7.04. The first-order chi connectivity index (χ1) is 8.67. The Hall–Kier alpha value is -0.790. The highest BCUT2D eigenvalue weighted by Crippen LogP contribution is 2.26. The lowest BCUT2D eigenvalue weighted by molar-refractivity contribution is 0.530. The second kappa shape index (κ2) is 5.90. The van der Waals surface area contributed by atoms with E-state index < -0.39 is 0 Å². The summed E-state index contributed by atoms with van der Waals surface area (Å²) in [4.78, 5) is 0. The molecule has 0 saturated carbocycles. The Labute approximate surface area is 119 Å². The van der Waals surface area contributed by atoms with Crippen LogP contribution in [0.4, 0.5) is 0 Å².